The first-order valence-electron chi connectivity index (χ1n) is 6.48. The molecule has 18 heavy (non-hydrogen) atoms. The Kier molecular flexibility index (Phi) is 3.28. The van der Waals surface area contributed by atoms with Crippen molar-refractivity contribution in [2.24, 2.45) is 4.99 Å². The summed E-state index contributed by atoms with van der Waals surface area (Å²) in [4.78, 5) is 5.12. The second-order valence-corrected chi connectivity index (χ2v) is 5.11. The van der Waals surface area contributed by atoms with Crippen LogP contribution >= 0.6 is 12.2 Å². The molecule has 1 heterocycles. The molecule has 1 aliphatic carbocycles. The smallest absolute Gasteiger partial charge is 0.275 e. The lowest BCUT2D eigenvalue weighted by molar-refractivity contribution is 0.443. The Labute approximate surface area is 111 Å². The monoisotopic (exact) mass is 260 g/mol. The minimum absolute atomic E-state index is 0.453. The van der Waals surface area contributed by atoms with Crippen molar-refractivity contribution >= 4 is 29.7 Å². The number of aromatic nitrogens is 1. The summed E-state index contributed by atoms with van der Waals surface area (Å²) in [5.41, 5.74) is 1.81. The second-order valence-electron chi connectivity index (χ2n) is 4.76. The van der Waals surface area contributed by atoms with Crippen LogP contribution in [-0.2, 0) is 0 Å². The third-order valence-electron chi connectivity index (χ3n) is 3.49. The van der Waals surface area contributed by atoms with Gasteiger partial charge in [0.1, 0.15) is 0 Å². The van der Waals surface area contributed by atoms with Gasteiger partial charge in [0.15, 0.2) is 5.58 Å². The van der Waals surface area contributed by atoms with E-state index in [1.807, 2.05) is 35.2 Å². The minimum Gasteiger partial charge on any atom is -0.429 e. The molecule has 0 unspecified atom stereocenters. The number of nitrogens with zero attached hydrogens (tertiary/aromatic N) is 2. The fourth-order valence-electron chi connectivity index (χ4n) is 2.48. The van der Waals surface area contributed by atoms with E-state index in [4.69, 9.17) is 16.6 Å². The fourth-order valence-corrected chi connectivity index (χ4v) is 2.72. The molecule has 94 valence electrons. The maximum atomic E-state index is 5.53. The van der Waals surface area contributed by atoms with E-state index < -0.39 is 0 Å². The highest BCUT2D eigenvalue weighted by Crippen LogP contribution is 2.20. The maximum Gasteiger partial charge on any atom is 0.275 e. The van der Waals surface area contributed by atoms with Gasteiger partial charge in [-0.25, -0.2) is 0 Å². The van der Waals surface area contributed by atoms with Gasteiger partial charge in [-0.1, -0.05) is 31.4 Å². The van der Waals surface area contributed by atoms with E-state index in [0.29, 0.717) is 10.9 Å². The molecule has 3 rings (SSSR count). The number of para-hydroxylation sites is 2. The van der Waals surface area contributed by atoms with Crippen LogP contribution < -0.4 is 0 Å². The Morgan fingerprint density at radius 2 is 2.00 bits per heavy atom. The largest absolute Gasteiger partial charge is 0.429 e. The number of rotatable bonds is 2. The molecule has 0 radical (unpaired) electrons. The van der Waals surface area contributed by atoms with Gasteiger partial charge in [0.2, 0.25) is 0 Å². The van der Waals surface area contributed by atoms with Crippen LogP contribution in [0, 0.1) is 4.84 Å². The lowest BCUT2D eigenvalue weighted by Gasteiger charge is -2.16. The molecule has 0 amide bonds. The second kappa shape index (κ2) is 5.06. The summed E-state index contributed by atoms with van der Waals surface area (Å²) in [7, 11) is 0. The summed E-state index contributed by atoms with van der Waals surface area (Å²) in [6, 6.07) is 8.31. The van der Waals surface area contributed by atoms with Gasteiger partial charge in [-0.2, -0.15) is 0 Å². The summed E-state index contributed by atoms with van der Waals surface area (Å²) >= 11 is 5.22. The molecule has 0 spiro atoms. The summed E-state index contributed by atoms with van der Waals surface area (Å²) in [6.45, 7) is 0. The van der Waals surface area contributed by atoms with Crippen LogP contribution in [0.2, 0.25) is 0 Å². The van der Waals surface area contributed by atoms with Crippen molar-refractivity contribution in [3.63, 3.8) is 0 Å². The molecule has 1 fully saturated rings. The Bertz CT molecular complexity index is 620. The van der Waals surface area contributed by atoms with Crippen molar-refractivity contribution < 1.29 is 4.42 Å². The molecule has 2 aromatic rings. The number of oxazole rings is 1. The third-order valence-corrected chi connectivity index (χ3v) is 3.77. The van der Waals surface area contributed by atoms with Crippen LogP contribution in [0.25, 0.3) is 11.1 Å². The Balaban J connectivity index is 1.92. The van der Waals surface area contributed by atoms with Crippen LogP contribution in [0.3, 0.4) is 0 Å². The van der Waals surface area contributed by atoms with Gasteiger partial charge in [-0.05, 0) is 37.2 Å². The Morgan fingerprint density at radius 3 is 2.83 bits per heavy atom. The summed E-state index contributed by atoms with van der Waals surface area (Å²) < 4.78 is 7.39. The molecule has 0 bridgehead atoms. The van der Waals surface area contributed by atoms with Crippen LogP contribution in [0.4, 0.5) is 0 Å². The van der Waals surface area contributed by atoms with Gasteiger partial charge in [-0.15, -0.1) is 0 Å². The van der Waals surface area contributed by atoms with Crippen molar-refractivity contribution in [1.29, 1.82) is 0 Å². The first-order chi connectivity index (χ1) is 8.84. The molecule has 1 saturated carbocycles. The molecule has 1 aromatic heterocycles. The topological polar surface area (TPSA) is 30.4 Å². The van der Waals surface area contributed by atoms with Crippen LogP contribution in [0.15, 0.2) is 33.7 Å². The van der Waals surface area contributed by atoms with Gasteiger partial charge in [0.25, 0.3) is 4.84 Å². The van der Waals surface area contributed by atoms with E-state index in [1.54, 1.807) is 0 Å². The first-order valence-corrected chi connectivity index (χ1v) is 6.89. The number of benzene rings is 1. The fraction of sp³-hybridized carbons (Fsp3) is 0.429. The van der Waals surface area contributed by atoms with Crippen molar-refractivity contribution in [2.75, 3.05) is 0 Å². The average molecular weight is 260 g/mol. The molecule has 1 aromatic carbocycles. The SMILES string of the molecule is S=c1oc2ccccc2n1C=NC1CCCCC1. The van der Waals surface area contributed by atoms with Crippen molar-refractivity contribution in [2.45, 2.75) is 38.1 Å². The first kappa shape index (κ1) is 11.7. The van der Waals surface area contributed by atoms with E-state index in [-0.39, 0.29) is 0 Å². The summed E-state index contributed by atoms with van der Waals surface area (Å²) in [5, 5.41) is 0. The molecule has 0 saturated heterocycles. The van der Waals surface area contributed by atoms with E-state index in [0.717, 1.165) is 11.1 Å². The predicted molar refractivity (Wildman–Crippen MR) is 75.8 cm³/mol. The minimum atomic E-state index is 0.453. The van der Waals surface area contributed by atoms with Crippen molar-refractivity contribution in [3.8, 4) is 0 Å². The molecule has 0 N–H and O–H groups in total. The van der Waals surface area contributed by atoms with Crippen molar-refractivity contribution in [3.05, 3.63) is 29.1 Å². The quantitative estimate of drug-likeness (QED) is 0.461. The zero-order chi connectivity index (χ0) is 12.4. The molecule has 1 aliphatic rings. The Hall–Kier alpha value is -1.42. The zero-order valence-electron chi connectivity index (χ0n) is 10.2. The number of fused-ring (bicyclic) bond motifs is 1. The van der Waals surface area contributed by atoms with Crippen LogP contribution in [-0.4, -0.2) is 16.9 Å². The van der Waals surface area contributed by atoms with Crippen LogP contribution in [0.1, 0.15) is 32.1 Å². The molecule has 3 nitrogen and oxygen atoms in total. The highest BCUT2D eigenvalue weighted by Gasteiger charge is 2.11. The molecule has 0 atom stereocenters. The van der Waals surface area contributed by atoms with Crippen molar-refractivity contribution in [1.82, 2.24) is 4.57 Å². The van der Waals surface area contributed by atoms with Gasteiger partial charge in [0.05, 0.1) is 17.9 Å². The van der Waals surface area contributed by atoms with Gasteiger partial charge in [-0.3, -0.25) is 9.56 Å². The number of hydrogen-bond acceptors (Lipinski definition) is 3. The van der Waals surface area contributed by atoms with E-state index in [9.17, 15) is 0 Å². The highest BCUT2D eigenvalue weighted by atomic mass is 32.1. The predicted octanol–water partition coefficient (Wildman–Crippen LogP) is 4.17. The summed E-state index contributed by atoms with van der Waals surface area (Å²) in [6.07, 6.45) is 8.16. The lowest BCUT2D eigenvalue weighted by Crippen LogP contribution is -2.11. The van der Waals surface area contributed by atoms with Gasteiger partial charge in [0, 0.05) is 0 Å². The Morgan fingerprint density at radius 1 is 1.22 bits per heavy atom. The zero-order valence-corrected chi connectivity index (χ0v) is 11.0. The standard InChI is InChI=1S/C14H16N2OS/c18-14-16(10-15-11-6-2-1-3-7-11)12-8-4-5-9-13(12)17-14/h4-5,8-11H,1-3,6-7H2. The molecular formula is C14H16N2OS. The average Bonchev–Trinajstić information content (AvgIpc) is 2.73. The molecule has 4 heteroatoms. The summed E-state index contributed by atoms with van der Waals surface area (Å²) in [5.74, 6) is 0. The van der Waals surface area contributed by atoms with Gasteiger partial charge >= 0.3 is 0 Å². The maximum absolute atomic E-state index is 5.53. The van der Waals surface area contributed by atoms with Gasteiger partial charge < -0.3 is 4.42 Å². The number of aliphatic imine (C=N–C) groups is 1. The van der Waals surface area contributed by atoms with E-state index in [1.165, 1.54) is 32.1 Å². The number of hydrogen-bond donors (Lipinski definition) is 0. The lowest BCUT2D eigenvalue weighted by atomic mass is 9.96. The molecule has 0 aliphatic heterocycles. The van der Waals surface area contributed by atoms with E-state index in [2.05, 4.69) is 4.99 Å². The van der Waals surface area contributed by atoms with E-state index >= 15 is 0 Å². The third kappa shape index (κ3) is 2.25. The molecular weight excluding hydrogens is 244 g/mol. The highest BCUT2D eigenvalue weighted by molar-refractivity contribution is 7.71. The van der Waals surface area contributed by atoms with Crippen LogP contribution in [0.5, 0.6) is 0 Å². The normalized spacial score (nSPS) is 17.8.